The molecule has 2 fully saturated rings. The van der Waals surface area contributed by atoms with Crippen molar-refractivity contribution >= 4 is 17.7 Å². The van der Waals surface area contributed by atoms with Gasteiger partial charge >= 0.3 is 0 Å². The van der Waals surface area contributed by atoms with Crippen molar-refractivity contribution < 1.29 is 19.1 Å². The molecule has 3 rings (SSSR count). The summed E-state index contributed by atoms with van der Waals surface area (Å²) in [6, 6.07) is 6.89. The Balaban J connectivity index is 1.56. The summed E-state index contributed by atoms with van der Waals surface area (Å²) in [5.41, 5.74) is 1.49. The lowest BCUT2D eigenvalue weighted by atomic mass is 10.1. The number of methoxy groups -OCH3 is 1. The molecule has 0 aliphatic carbocycles. The van der Waals surface area contributed by atoms with Crippen molar-refractivity contribution in [3.05, 3.63) is 35.4 Å². The minimum absolute atomic E-state index is 0.0270. The maximum atomic E-state index is 12.6. The van der Waals surface area contributed by atoms with E-state index in [1.807, 2.05) is 12.1 Å². The minimum atomic E-state index is -0.284. The summed E-state index contributed by atoms with van der Waals surface area (Å²) in [6.07, 6.45) is 2.41. The second-order valence-electron chi connectivity index (χ2n) is 6.74. The first kappa shape index (κ1) is 18.4. The lowest BCUT2D eigenvalue weighted by Crippen LogP contribution is -2.56. The highest BCUT2D eigenvalue weighted by atomic mass is 16.5. The van der Waals surface area contributed by atoms with Gasteiger partial charge in [0.2, 0.25) is 11.8 Å². The molecule has 2 aliphatic heterocycles. The van der Waals surface area contributed by atoms with E-state index in [1.54, 1.807) is 29.0 Å². The molecule has 2 saturated heterocycles. The Labute approximate surface area is 153 Å². The molecule has 0 bridgehead atoms. The van der Waals surface area contributed by atoms with E-state index in [0.717, 1.165) is 24.8 Å². The summed E-state index contributed by atoms with van der Waals surface area (Å²) in [7, 11) is 1.63. The molecule has 2 aliphatic rings. The quantitative estimate of drug-likeness (QED) is 0.730. The number of hydrogen-bond donors (Lipinski definition) is 1. The Morgan fingerprint density at radius 2 is 2.04 bits per heavy atom. The summed E-state index contributed by atoms with van der Waals surface area (Å²) in [5.74, 6) is -0.0697. The van der Waals surface area contributed by atoms with Crippen LogP contribution in [0, 0.1) is 0 Å². The molecule has 1 atom stereocenters. The Hall–Kier alpha value is -2.41. The molecule has 1 aromatic carbocycles. The van der Waals surface area contributed by atoms with Crippen molar-refractivity contribution in [1.82, 2.24) is 15.1 Å². The van der Waals surface area contributed by atoms with Crippen molar-refractivity contribution in [2.45, 2.75) is 31.8 Å². The van der Waals surface area contributed by atoms with E-state index >= 15 is 0 Å². The summed E-state index contributed by atoms with van der Waals surface area (Å²) >= 11 is 0. The van der Waals surface area contributed by atoms with Gasteiger partial charge in [-0.1, -0.05) is 12.1 Å². The molecule has 7 heteroatoms. The van der Waals surface area contributed by atoms with Crippen molar-refractivity contribution in [2.24, 2.45) is 0 Å². The number of fused-ring (bicyclic) bond motifs is 1. The number of rotatable bonds is 7. The molecule has 0 aromatic heterocycles. The fourth-order valence-corrected chi connectivity index (χ4v) is 3.50. The third-order valence-electron chi connectivity index (χ3n) is 4.90. The van der Waals surface area contributed by atoms with Gasteiger partial charge in [-0.2, -0.15) is 0 Å². The molecule has 1 aromatic rings. The fourth-order valence-electron chi connectivity index (χ4n) is 3.50. The maximum Gasteiger partial charge on any atom is 0.251 e. The number of ether oxygens (including phenoxy) is 1. The van der Waals surface area contributed by atoms with Crippen LogP contribution in [0.5, 0.6) is 0 Å². The van der Waals surface area contributed by atoms with Crippen LogP contribution >= 0.6 is 0 Å². The molecular formula is C19H25N3O4. The average Bonchev–Trinajstić information content (AvgIpc) is 3.14. The predicted octanol–water partition coefficient (Wildman–Crippen LogP) is 0.786. The van der Waals surface area contributed by atoms with Crippen LogP contribution in [0.1, 0.15) is 35.2 Å². The highest BCUT2D eigenvalue weighted by molar-refractivity contribution is 5.95. The van der Waals surface area contributed by atoms with Crippen molar-refractivity contribution in [3.63, 3.8) is 0 Å². The number of amides is 3. The normalized spacial score (nSPS) is 19.7. The number of hydrogen-bond acceptors (Lipinski definition) is 4. The Bertz CT molecular complexity index is 674. The second-order valence-corrected chi connectivity index (χ2v) is 6.74. The first-order chi connectivity index (χ1) is 12.6. The van der Waals surface area contributed by atoms with Gasteiger partial charge in [-0.25, -0.2) is 0 Å². The van der Waals surface area contributed by atoms with Gasteiger partial charge < -0.3 is 19.9 Å². The third kappa shape index (κ3) is 4.04. The van der Waals surface area contributed by atoms with E-state index in [2.05, 4.69) is 5.32 Å². The van der Waals surface area contributed by atoms with Gasteiger partial charge in [0.1, 0.15) is 12.6 Å². The summed E-state index contributed by atoms with van der Waals surface area (Å²) < 4.78 is 4.95. The van der Waals surface area contributed by atoms with E-state index < -0.39 is 0 Å². The van der Waals surface area contributed by atoms with E-state index in [4.69, 9.17) is 4.74 Å². The minimum Gasteiger partial charge on any atom is -0.385 e. The Morgan fingerprint density at radius 3 is 2.77 bits per heavy atom. The standard InChI is InChI=1S/C19H25N3O4/c1-26-11-3-9-20-18(24)15-7-5-14(6-8-15)12-21-13-17(23)22-10-2-4-16(22)19(21)25/h5-8,16H,2-4,9-13H2,1H3,(H,20,24). The van der Waals surface area contributed by atoms with Crippen LogP contribution in [-0.4, -0.2) is 66.9 Å². The Kier molecular flexibility index (Phi) is 5.88. The Morgan fingerprint density at radius 1 is 1.27 bits per heavy atom. The SMILES string of the molecule is COCCCNC(=O)c1ccc(CN2CC(=O)N3CCCC3C2=O)cc1. The number of nitrogens with zero attached hydrogens (tertiary/aromatic N) is 2. The second kappa shape index (κ2) is 8.31. The maximum absolute atomic E-state index is 12.6. The number of benzene rings is 1. The van der Waals surface area contributed by atoms with Crippen LogP contribution in [0.4, 0.5) is 0 Å². The molecule has 26 heavy (non-hydrogen) atoms. The summed E-state index contributed by atoms with van der Waals surface area (Å²) in [6.45, 7) is 2.40. The van der Waals surface area contributed by atoms with Crippen molar-refractivity contribution in [1.29, 1.82) is 0 Å². The van der Waals surface area contributed by atoms with E-state index in [1.165, 1.54) is 0 Å². The third-order valence-corrected chi connectivity index (χ3v) is 4.90. The molecule has 1 N–H and O–H groups in total. The highest BCUT2D eigenvalue weighted by Gasteiger charge is 2.41. The lowest BCUT2D eigenvalue weighted by molar-refractivity contribution is -0.154. The molecule has 0 radical (unpaired) electrons. The number of nitrogens with one attached hydrogen (secondary N) is 1. The number of carbonyl (C=O) groups excluding carboxylic acids is 3. The molecule has 140 valence electrons. The van der Waals surface area contributed by atoms with Gasteiger partial charge in [0, 0.05) is 38.9 Å². The molecular weight excluding hydrogens is 334 g/mol. The zero-order valence-electron chi connectivity index (χ0n) is 15.1. The molecule has 0 saturated carbocycles. The van der Waals surface area contributed by atoms with E-state index in [0.29, 0.717) is 31.8 Å². The molecule has 3 amide bonds. The highest BCUT2D eigenvalue weighted by Crippen LogP contribution is 2.24. The van der Waals surface area contributed by atoms with Gasteiger partial charge in [-0.05, 0) is 37.0 Å². The zero-order valence-corrected chi connectivity index (χ0v) is 15.1. The van der Waals surface area contributed by atoms with Crippen molar-refractivity contribution in [2.75, 3.05) is 33.4 Å². The molecule has 2 heterocycles. The predicted molar refractivity (Wildman–Crippen MR) is 95.4 cm³/mol. The van der Waals surface area contributed by atoms with Crippen LogP contribution in [0.2, 0.25) is 0 Å². The summed E-state index contributed by atoms with van der Waals surface area (Å²) in [5, 5.41) is 2.84. The van der Waals surface area contributed by atoms with Crippen LogP contribution in [-0.2, 0) is 20.9 Å². The van der Waals surface area contributed by atoms with Crippen molar-refractivity contribution in [3.8, 4) is 0 Å². The fraction of sp³-hybridized carbons (Fsp3) is 0.526. The molecule has 0 spiro atoms. The molecule has 7 nitrogen and oxygen atoms in total. The van der Waals surface area contributed by atoms with Crippen LogP contribution < -0.4 is 5.32 Å². The average molecular weight is 359 g/mol. The van der Waals surface area contributed by atoms with Gasteiger partial charge in [0.25, 0.3) is 5.91 Å². The van der Waals surface area contributed by atoms with Gasteiger partial charge in [0.15, 0.2) is 0 Å². The number of piperazine rings is 1. The zero-order chi connectivity index (χ0) is 18.5. The number of carbonyl (C=O) groups is 3. The van der Waals surface area contributed by atoms with Crippen LogP contribution in [0.25, 0.3) is 0 Å². The van der Waals surface area contributed by atoms with E-state index in [9.17, 15) is 14.4 Å². The smallest absolute Gasteiger partial charge is 0.251 e. The summed E-state index contributed by atoms with van der Waals surface area (Å²) in [4.78, 5) is 40.1. The van der Waals surface area contributed by atoms with Crippen LogP contribution in [0.15, 0.2) is 24.3 Å². The van der Waals surface area contributed by atoms with Gasteiger partial charge in [-0.15, -0.1) is 0 Å². The van der Waals surface area contributed by atoms with Crippen LogP contribution in [0.3, 0.4) is 0 Å². The van der Waals surface area contributed by atoms with Gasteiger partial charge in [-0.3, -0.25) is 14.4 Å². The van der Waals surface area contributed by atoms with E-state index in [-0.39, 0.29) is 30.3 Å². The monoisotopic (exact) mass is 359 g/mol. The largest absolute Gasteiger partial charge is 0.385 e. The van der Waals surface area contributed by atoms with Gasteiger partial charge in [0.05, 0.1) is 0 Å². The lowest BCUT2D eigenvalue weighted by Gasteiger charge is -2.36. The first-order valence-electron chi connectivity index (χ1n) is 9.04. The molecule has 1 unspecified atom stereocenters. The topological polar surface area (TPSA) is 79.0 Å². The first-order valence-corrected chi connectivity index (χ1v) is 9.04.